The monoisotopic (exact) mass is 346 g/mol. The molecule has 134 valence electrons. The Hall–Kier alpha value is -1.80. The number of aliphatic hydroxyl groups is 1. The summed E-state index contributed by atoms with van der Waals surface area (Å²) < 4.78 is 43.0. The van der Waals surface area contributed by atoms with E-state index in [1.165, 1.54) is 12.1 Å². The first-order valence-electron chi connectivity index (χ1n) is 7.68. The van der Waals surface area contributed by atoms with Crippen LogP contribution in [0.5, 0.6) is 5.75 Å². The minimum absolute atomic E-state index is 0.0159. The van der Waals surface area contributed by atoms with Crippen molar-refractivity contribution in [2.75, 3.05) is 26.2 Å². The second kappa shape index (κ2) is 7.40. The summed E-state index contributed by atoms with van der Waals surface area (Å²) in [5.41, 5.74) is -1.31. The van der Waals surface area contributed by atoms with Crippen molar-refractivity contribution in [1.29, 1.82) is 0 Å². The Morgan fingerprint density at radius 2 is 2.25 bits per heavy atom. The Kier molecular flexibility index (Phi) is 5.71. The van der Waals surface area contributed by atoms with E-state index in [2.05, 4.69) is 10.6 Å². The van der Waals surface area contributed by atoms with Crippen LogP contribution in [-0.2, 0) is 11.0 Å². The first-order chi connectivity index (χ1) is 11.2. The number of rotatable bonds is 6. The molecule has 1 aliphatic heterocycles. The van der Waals surface area contributed by atoms with Crippen molar-refractivity contribution in [3.05, 3.63) is 29.8 Å². The molecule has 1 aromatic carbocycles. The van der Waals surface area contributed by atoms with Crippen LogP contribution in [0, 0.1) is 5.41 Å². The number of ether oxygens (including phenoxy) is 1. The van der Waals surface area contributed by atoms with Crippen LogP contribution in [0.4, 0.5) is 13.2 Å². The molecular weight excluding hydrogens is 325 g/mol. The van der Waals surface area contributed by atoms with E-state index in [1.54, 1.807) is 0 Å². The van der Waals surface area contributed by atoms with Gasteiger partial charge in [0.1, 0.15) is 18.5 Å². The molecule has 24 heavy (non-hydrogen) atoms. The van der Waals surface area contributed by atoms with Gasteiger partial charge in [-0.1, -0.05) is 6.07 Å². The predicted octanol–water partition coefficient (Wildman–Crippen LogP) is 1.56. The van der Waals surface area contributed by atoms with Crippen molar-refractivity contribution in [1.82, 2.24) is 10.6 Å². The minimum Gasteiger partial charge on any atom is -0.491 e. The molecule has 1 aliphatic rings. The third kappa shape index (κ3) is 4.85. The van der Waals surface area contributed by atoms with E-state index in [0.29, 0.717) is 6.54 Å². The number of hydrogen-bond donors (Lipinski definition) is 3. The molecule has 3 N–H and O–H groups in total. The molecule has 1 fully saturated rings. The standard InChI is InChI=1S/C16H21F3N2O3/c1-15(5-6-20-10-15)14(23)21-8-12(22)9-24-13-4-2-3-11(7-13)16(17,18)19/h2-4,7,12,20,22H,5-6,8-10H2,1H3,(H,21,23). The Bertz CT molecular complexity index is 572. The van der Waals surface area contributed by atoms with E-state index in [9.17, 15) is 23.1 Å². The third-order valence-corrected chi connectivity index (χ3v) is 4.02. The fourth-order valence-corrected chi connectivity index (χ4v) is 2.45. The molecule has 1 aromatic rings. The van der Waals surface area contributed by atoms with E-state index in [-0.39, 0.29) is 24.8 Å². The first kappa shape index (κ1) is 18.5. The van der Waals surface area contributed by atoms with E-state index >= 15 is 0 Å². The lowest BCUT2D eigenvalue weighted by Crippen LogP contribution is -2.44. The molecule has 0 aromatic heterocycles. The summed E-state index contributed by atoms with van der Waals surface area (Å²) in [5.74, 6) is -0.146. The van der Waals surface area contributed by atoms with Gasteiger partial charge in [0.25, 0.3) is 0 Å². The molecule has 0 radical (unpaired) electrons. The summed E-state index contributed by atoms with van der Waals surface area (Å²) in [4.78, 5) is 12.1. The van der Waals surface area contributed by atoms with Crippen molar-refractivity contribution in [2.24, 2.45) is 5.41 Å². The number of carbonyl (C=O) groups excluding carboxylic acids is 1. The van der Waals surface area contributed by atoms with Gasteiger partial charge in [0.15, 0.2) is 0 Å². The molecule has 2 rings (SSSR count). The highest BCUT2D eigenvalue weighted by atomic mass is 19.4. The van der Waals surface area contributed by atoms with Gasteiger partial charge in [0, 0.05) is 13.1 Å². The van der Waals surface area contributed by atoms with Gasteiger partial charge in [0.05, 0.1) is 11.0 Å². The summed E-state index contributed by atoms with van der Waals surface area (Å²) in [6.45, 7) is 2.96. The van der Waals surface area contributed by atoms with Crippen LogP contribution in [0.2, 0.25) is 0 Å². The summed E-state index contributed by atoms with van der Waals surface area (Å²) >= 11 is 0. The topological polar surface area (TPSA) is 70.6 Å². The van der Waals surface area contributed by atoms with Crippen LogP contribution >= 0.6 is 0 Å². The smallest absolute Gasteiger partial charge is 0.416 e. The van der Waals surface area contributed by atoms with Gasteiger partial charge in [-0.15, -0.1) is 0 Å². The number of benzene rings is 1. The molecule has 0 spiro atoms. The number of aliphatic hydroxyl groups excluding tert-OH is 1. The molecule has 1 amide bonds. The maximum atomic E-state index is 12.6. The SMILES string of the molecule is CC1(C(=O)NCC(O)COc2cccc(C(F)(F)F)c2)CCNC1. The zero-order chi connectivity index (χ0) is 17.8. The molecule has 0 saturated carbocycles. The summed E-state index contributed by atoms with van der Waals surface area (Å²) in [5, 5.41) is 15.6. The Morgan fingerprint density at radius 3 is 2.88 bits per heavy atom. The number of alkyl halides is 3. The summed E-state index contributed by atoms with van der Waals surface area (Å²) in [6.07, 6.45) is -4.74. The van der Waals surface area contributed by atoms with Crippen molar-refractivity contribution >= 4 is 5.91 Å². The second-order valence-electron chi connectivity index (χ2n) is 6.19. The number of hydrogen-bond acceptors (Lipinski definition) is 4. The average molecular weight is 346 g/mol. The van der Waals surface area contributed by atoms with Crippen LogP contribution in [0.25, 0.3) is 0 Å². The van der Waals surface area contributed by atoms with Crippen LogP contribution in [0.15, 0.2) is 24.3 Å². The van der Waals surface area contributed by atoms with Gasteiger partial charge in [-0.3, -0.25) is 4.79 Å². The van der Waals surface area contributed by atoms with Gasteiger partial charge in [-0.05, 0) is 38.1 Å². The molecule has 1 heterocycles. The van der Waals surface area contributed by atoms with Crippen molar-refractivity contribution in [3.63, 3.8) is 0 Å². The van der Waals surface area contributed by atoms with E-state index in [4.69, 9.17) is 4.74 Å². The maximum Gasteiger partial charge on any atom is 0.416 e. The van der Waals surface area contributed by atoms with Crippen molar-refractivity contribution in [2.45, 2.75) is 25.6 Å². The fraction of sp³-hybridized carbons (Fsp3) is 0.562. The van der Waals surface area contributed by atoms with Crippen LogP contribution in [-0.4, -0.2) is 43.4 Å². The molecule has 8 heteroatoms. The molecule has 1 saturated heterocycles. The molecule has 0 bridgehead atoms. The highest BCUT2D eigenvalue weighted by Crippen LogP contribution is 2.31. The number of amides is 1. The first-order valence-corrected chi connectivity index (χ1v) is 7.68. The quantitative estimate of drug-likeness (QED) is 0.731. The van der Waals surface area contributed by atoms with E-state index < -0.39 is 23.3 Å². The van der Waals surface area contributed by atoms with Crippen molar-refractivity contribution < 1.29 is 27.8 Å². The van der Waals surface area contributed by atoms with Gasteiger partial charge in [0.2, 0.25) is 5.91 Å². The Morgan fingerprint density at radius 1 is 1.50 bits per heavy atom. The number of carbonyl (C=O) groups is 1. The number of halogens is 3. The largest absolute Gasteiger partial charge is 0.491 e. The lowest BCUT2D eigenvalue weighted by molar-refractivity contribution is -0.137. The predicted molar refractivity (Wildman–Crippen MR) is 81.5 cm³/mol. The summed E-state index contributed by atoms with van der Waals surface area (Å²) in [7, 11) is 0. The normalized spacial score (nSPS) is 22.2. The van der Waals surface area contributed by atoms with Gasteiger partial charge in [-0.2, -0.15) is 13.2 Å². The molecule has 0 aliphatic carbocycles. The maximum absolute atomic E-state index is 12.6. The van der Waals surface area contributed by atoms with Crippen molar-refractivity contribution in [3.8, 4) is 5.75 Å². The van der Waals surface area contributed by atoms with E-state index in [1.807, 2.05) is 6.92 Å². The molecule has 5 nitrogen and oxygen atoms in total. The summed E-state index contributed by atoms with van der Waals surface area (Å²) in [6, 6.07) is 4.43. The fourth-order valence-electron chi connectivity index (χ4n) is 2.45. The van der Waals surface area contributed by atoms with Crippen LogP contribution in [0.1, 0.15) is 18.9 Å². The van der Waals surface area contributed by atoms with Gasteiger partial charge < -0.3 is 20.5 Å². The highest BCUT2D eigenvalue weighted by molar-refractivity contribution is 5.82. The van der Waals surface area contributed by atoms with E-state index in [0.717, 1.165) is 25.1 Å². The third-order valence-electron chi connectivity index (χ3n) is 4.02. The van der Waals surface area contributed by atoms with Gasteiger partial charge in [-0.25, -0.2) is 0 Å². The van der Waals surface area contributed by atoms with Crippen LogP contribution < -0.4 is 15.4 Å². The van der Waals surface area contributed by atoms with Crippen LogP contribution in [0.3, 0.4) is 0 Å². The molecule has 2 atom stereocenters. The lowest BCUT2D eigenvalue weighted by Gasteiger charge is -2.22. The average Bonchev–Trinajstić information content (AvgIpc) is 2.98. The highest BCUT2D eigenvalue weighted by Gasteiger charge is 2.36. The lowest BCUT2D eigenvalue weighted by atomic mass is 9.89. The zero-order valence-corrected chi connectivity index (χ0v) is 13.3. The number of nitrogens with one attached hydrogen (secondary N) is 2. The Labute approximate surface area is 138 Å². The molecular formula is C16H21F3N2O3. The van der Waals surface area contributed by atoms with Gasteiger partial charge >= 0.3 is 6.18 Å². The minimum atomic E-state index is -4.45. The molecule has 2 unspecified atom stereocenters. The zero-order valence-electron chi connectivity index (χ0n) is 13.3. The Balaban J connectivity index is 1.79. The second-order valence-corrected chi connectivity index (χ2v) is 6.19.